The van der Waals surface area contributed by atoms with Gasteiger partial charge in [-0.2, -0.15) is 0 Å². The van der Waals surface area contributed by atoms with Crippen molar-refractivity contribution in [3.05, 3.63) is 82.2 Å². The first-order valence-corrected chi connectivity index (χ1v) is 12.7. The quantitative estimate of drug-likeness (QED) is 0.467. The number of amides is 1. The molecule has 6 heteroatoms. The van der Waals surface area contributed by atoms with Crippen LogP contribution in [0.1, 0.15) is 39.3 Å². The number of hydrogen-bond acceptors (Lipinski definition) is 5. The number of nitrogens with one attached hydrogen (secondary N) is 1. The Morgan fingerprint density at radius 1 is 1.13 bits per heavy atom. The fourth-order valence-corrected chi connectivity index (χ4v) is 5.34. The van der Waals surface area contributed by atoms with Crippen LogP contribution in [0.15, 0.2) is 65.6 Å². The van der Waals surface area contributed by atoms with E-state index in [1.807, 2.05) is 30.3 Å². The second-order valence-electron chi connectivity index (χ2n) is 7.49. The Hall–Kier alpha value is -2.12. The third kappa shape index (κ3) is 5.21. The van der Waals surface area contributed by atoms with Crippen LogP contribution in [-0.4, -0.2) is 43.4 Å². The Morgan fingerprint density at radius 3 is 2.48 bits per heavy atom. The SMILES string of the molecule is CCc1cc(C(c2ccc(SC)cc2)N2CCOCC2)c(NC(=O)c2ccccc2)s1. The highest BCUT2D eigenvalue weighted by Crippen LogP contribution is 2.40. The van der Waals surface area contributed by atoms with E-state index in [2.05, 4.69) is 53.7 Å². The molecule has 31 heavy (non-hydrogen) atoms. The molecule has 2 heterocycles. The molecule has 1 unspecified atom stereocenters. The Kier molecular flexibility index (Phi) is 7.45. The number of nitrogens with zero attached hydrogens (tertiary/aromatic N) is 1. The molecule has 4 rings (SSSR count). The van der Waals surface area contributed by atoms with Crippen LogP contribution < -0.4 is 5.32 Å². The van der Waals surface area contributed by atoms with Crippen molar-refractivity contribution in [1.82, 2.24) is 4.90 Å². The minimum absolute atomic E-state index is 0.0650. The van der Waals surface area contributed by atoms with Gasteiger partial charge >= 0.3 is 0 Å². The molecule has 1 atom stereocenters. The molecule has 0 bridgehead atoms. The Morgan fingerprint density at radius 2 is 1.84 bits per heavy atom. The average Bonchev–Trinajstić information content (AvgIpc) is 3.23. The molecule has 1 aliphatic rings. The molecule has 2 aromatic carbocycles. The number of carbonyl (C=O) groups is 1. The molecule has 1 aliphatic heterocycles. The maximum absolute atomic E-state index is 12.9. The predicted octanol–water partition coefficient (Wildman–Crippen LogP) is 5.71. The van der Waals surface area contributed by atoms with E-state index < -0.39 is 0 Å². The number of hydrogen-bond donors (Lipinski definition) is 1. The maximum Gasteiger partial charge on any atom is 0.256 e. The number of anilines is 1. The molecule has 1 N–H and O–H groups in total. The largest absolute Gasteiger partial charge is 0.379 e. The number of aryl methyl sites for hydroxylation is 1. The van der Waals surface area contributed by atoms with Gasteiger partial charge in [-0.15, -0.1) is 23.1 Å². The van der Waals surface area contributed by atoms with E-state index in [1.165, 1.54) is 20.9 Å². The summed E-state index contributed by atoms with van der Waals surface area (Å²) in [6.07, 6.45) is 3.04. The Labute approximate surface area is 192 Å². The van der Waals surface area contributed by atoms with Crippen LogP contribution in [0.5, 0.6) is 0 Å². The minimum Gasteiger partial charge on any atom is -0.379 e. The molecule has 4 nitrogen and oxygen atoms in total. The number of thiophene rings is 1. The van der Waals surface area contributed by atoms with E-state index in [1.54, 1.807) is 23.1 Å². The van der Waals surface area contributed by atoms with E-state index in [0.717, 1.165) is 37.7 Å². The topological polar surface area (TPSA) is 41.6 Å². The van der Waals surface area contributed by atoms with Crippen LogP contribution >= 0.6 is 23.1 Å². The molecule has 3 aromatic rings. The second-order valence-corrected chi connectivity index (χ2v) is 9.51. The lowest BCUT2D eigenvalue weighted by Gasteiger charge is -2.35. The molecule has 1 saturated heterocycles. The van der Waals surface area contributed by atoms with Crippen molar-refractivity contribution < 1.29 is 9.53 Å². The zero-order chi connectivity index (χ0) is 21.6. The van der Waals surface area contributed by atoms with E-state index in [4.69, 9.17) is 4.74 Å². The van der Waals surface area contributed by atoms with Gasteiger partial charge < -0.3 is 10.1 Å². The summed E-state index contributed by atoms with van der Waals surface area (Å²) < 4.78 is 5.63. The van der Waals surface area contributed by atoms with Gasteiger partial charge in [-0.3, -0.25) is 9.69 Å². The van der Waals surface area contributed by atoms with Crippen molar-refractivity contribution >= 4 is 34.0 Å². The first kappa shape index (κ1) is 22.1. The van der Waals surface area contributed by atoms with Crippen LogP contribution in [0.25, 0.3) is 0 Å². The van der Waals surface area contributed by atoms with Crippen molar-refractivity contribution in [1.29, 1.82) is 0 Å². The van der Waals surface area contributed by atoms with E-state index in [-0.39, 0.29) is 11.9 Å². The van der Waals surface area contributed by atoms with Gasteiger partial charge in [0.25, 0.3) is 5.91 Å². The number of morpholine rings is 1. The normalized spacial score (nSPS) is 15.5. The molecule has 0 aliphatic carbocycles. The van der Waals surface area contributed by atoms with Crippen LogP contribution in [0.2, 0.25) is 0 Å². The number of thioether (sulfide) groups is 1. The van der Waals surface area contributed by atoms with Crippen LogP contribution in [0.3, 0.4) is 0 Å². The Bertz CT molecular complexity index is 996. The summed E-state index contributed by atoms with van der Waals surface area (Å²) in [6.45, 7) is 5.37. The Balaban J connectivity index is 1.72. The number of benzene rings is 2. The van der Waals surface area contributed by atoms with E-state index in [9.17, 15) is 4.79 Å². The molecule has 0 spiro atoms. The standard InChI is InChI=1S/C25H28N2O2S2/c1-3-20-17-22(25(31-20)26-24(28)19-7-5-4-6-8-19)23(27-13-15-29-16-14-27)18-9-11-21(30-2)12-10-18/h4-12,17,23H,3,13-16H2,1-2H3,(H,26,28). The lowest BCUT2D eigenvalue weighted by Crippen LogP contribution is -2.39. The fourth-order valence-electron chi connectivity index (χ4n) is 3.91. The second kappa shape index (κ2) is 10.5. The number of carbonyl (C=O) groups excluding carboxylic acids is 1. The first-order chi connectivity index (χ1) is 15.2. The highest BCUT2D eigenvalue weighted by molar-refractivity contribution is 7.98. The van der Waals surface area contributed by atoms with Crippen molar-refractivity contribution in [3.8, 4) is 0 Å². The van der Waals surface area contributed by atoms with Crippen molar-refractivity contribution in [2.75, 3.05) is 37.9 Å². The van der Waals surface area contributed by atoms with Gasteiger partial charge in [-0.25, -0.2) is 0 Å². The molecular formula is C25H28N2O2S2. The summed E-state index contributed by atoms with van der Waals surface area (Å²) in [6, 6.07) is 20.6. The summed E-state index contributed by atoms with van der Waals surface area (Å²) in [4.78, 5) is 17.9. The highest BCUT2D eigenvalue weighted by Gasteiger charge is 2.28. The number of ether oxygens (including phenoxy) is 1. The van der Waals surface area contributed by atoms with Gasteiger partial charge in [-0.05, 0) is 48.6 Å². The molecule has 162 valence electrons. The number of rotatable bonds is 7. The van der Waals surface area contributed by atoms with Crippen LogP contribution in [0.4, 0.5) is 5.00 Å². The van der Waals surface area contributed by atoms with Gasteiger partial charge in [0.2, 0.25) is 0 Å². The van der Waals surface area contributed by atoms with Gasteiger partial charge in [0.05, 0.1) is 19.3 Å². The van der Waals surface area contributed by atoms with Gasteiger partial charge in [0, 0.05) is 34.0 Å². The summed E-state index contributed by atoms with van der Waals surface area (Å²) in [7, 11) is 0. The molecule has 0 saturated carbocycles. The van der Waals surface area contributed by atoms with E-state index >= 15 is 0 Å². The summed E-state index contributed by atoms with van der Waals surface area (Å²) in [5, 5.41) is 4.15. The lowest BCUT2D eigenvalue weighted by molar-refractivity contribution is 0.0241. The summed E-state index contributed by atoms with van der Waals surface area (Å²) in [5.41, 5.74) is 3.09. The van der Waals surface area contributed by atoms with Crippen molar-refractivity contribution in [2.24, 2.45) is 0 Å². The molecule has 1 aromatic heterocycles. The van der Waals surface area contributed by atoms with E-state index in [0.29, 0.717) is 5.56 Å². The highest BCUT2D eigenvalue weighted by atomic mass is 32.2. The van der Waals surface area contributed by atoms with Gasteiger partial charge in [0.15, 0.2) is 0 Å². The van der Waals surface area contributed by atoms with Gasteiger partial charge in [0.1, 0.15) is 5.00 Å². The average molecular weight is 453 g/mol. The van der Waals surface area contributed by atoms with Crippen LogP contribution in [-0.2, 0) is 11.2 Å². The monoisotopic (exact) mass is 452 g/mol. The molecule has 1 fully saturated rings. The van der Waals surface area contributed by atoms with Crippen molar-refractivity contribution in [3.63, 3.8) is 0 Å². The third-order valence-electron chi connectivity index (χ3n) is 5.56. The lowest BCUT2D eigenvalue weighted by atomic mass is 9.97. The predicted molar refractivity (Wildman–Crippen MR) is 131 cm³/mol. The molecule has 1 amide bonds. The summed E-state index contributed by atoms with van der Waals surface area (Å²) >= 11 is 3.43. The smallest absolute Gasteiger partial charge is 0.256 e. The molecular weight excluding hydrogens is 424 g/mol. The minimum atomic E-state index is -0.0650. The fraction of sp³-hybridized carbons (Fsp3) is 0.320. The van der Waals surface area contributed by atoms with Crippen LogP contribution in [0, 0.1) is 0 Å². The summed E-state index contributed by atoms with van der Waals surface area (Å²) in [5.74, 6) is -0.0650. The molecule has 0 radical (unpaired) electrons. The van der Waals surface area contributed by atoms with Crippen molar-refractivity contribution in [2.45, 2.75) is 24.3 Å². The maximum atomic E-state index is 12.9. The third-order valence-corrected chi connectivity index (χ3v) is 7.51. The van der Waals surface area contributed by atoms with Gasteiger partial charge in [-0.1, -0.05) is 37.3 Å². The zero-order valence-corrected chi connectivity index (χ0v) is 19.6. The zero-order valence-electron chi connectivity index (χ0n) is 18.0. The first-order valence-electron chi connectivity index (χ1n) is 10.6.